The van der Waals surface area contributed by atoms with Crippen LogP contribution in [0.2, 0.25) is 5.02 Å². The second-order valence-electron chi connectivity index (χ2n) is 15.0. The lowest BCUT2D eigenvalue weighted by Gasteiger charge is -2.50. The number of morpholine rings is 1. The third-order valence-corrected chi connectivity index (χ3v) is 12.5. The number of anilines is 3. The standard InChI is InChI=1S/C43H38ClFN4O6/c1-24-22-25(2-17-36(24)50)38-32-15-16-33-37(41(53)48(39(33)51)31-13-11-30(12-14-31)47-18-20-55-21-19-47)34(32)23-35-40(52)49(46-29-9-7-28(45)8-10-29)42(54)43(35,38)26-3-5-27(44)6-4-26/h2-15,17,22,33-35,37-38,46,50H,16,18-21,23H2,1H3/t33-,34+,35-,37-,38-,43+/m0/s1. The molecule has 5 aliphatic rings. The fourth-order valence-corrected chi connectivity index (χ4v) is 9.90. The number of hydrogen-bond acceptors (Lipinski definition) is 8. The number of carbonyl (C=O) groups is 4. The van der Waals surface area contributed by atoms with Crippen LogP contribution in [-0.2, 0) is 29.3 Å². The normalized spacial score (nSPS) is 27.5. The molecule has 4 fully saturated rings. The third-order valence-electron chi connectivity index (χ3n) is 12.3. The van der Waals surface area contributed by atoms with E-state index in [-0.39, 0.29) is 30.4 Å². The minimum atomic E-state index is -1.51. The van der Waals surface area contributed by atoms with Crippen LogP contribution in [0.3, 0.4) is 0 Å². The largest absolute Gasteiger partial charge is 0.508 e. The van der Waals surface area contributed by atoms with Gasteiger partial charge in [-0.1, -0.05) is 47.5 Å². The number of phenolic OH excluding ortho intramolecular Hbond substituents is 1. The quantitative estimate of drug-likeness (QED) is 0.169. The summed E-state index contributed by atoms with van der Waals surface area (Å²) in [5, 5.41) is 12.1. The van der Waals surface area contributed by atoms with Gasteiger partial charge in [0.05, 0.1) is 47.8 Å². The van der Waals surface area contributed by atoms with Crippen LogP contribution in [0.4, 0.5) is 21.5 Å². The van der Waals surface area contributed by atoms with Crippen molar-refractivity contribution in [3.63, 3.8) is 0 Å². The van der Waals surface area contributed by atoms with Crippen LogP contribution in [0, 0.1) is 36.4 Å². The second-order valence-corrected chi connectivity index (χ2v) is 15.5. The molecule has 4 aromatic carbocycles. The summed E-state index contributed by atoms with van der Waals surface area (Å²) in [6.07, 6.45) is 2.40. The first kappa shape index (κ1) is 35.2. The van der Waals surface area contributed by atoms with Gasteiger partial charge in [-0.15, -0.1) is 0 Å². The van der Waals surface area contributed by atoms with E-state index in [9.17, 15) is 23.9 Å². The zero-order chi connectivity index (χ0) is 38.2. The van der Waals surface area contributed by atoms with Gasteiger partial charge in [0.2, 0.25) is 11.8 Å². The summed E-state index contributed by atoms with van der Waals surface area (Å²) in [4.78, 5) is 62.5. The van der Waals surface area contributed by atoms with Crippen molar-refractivity contribution in [3.8, 4) is 5.75 Å². The van der Waals surface area contributed by atoms with Gasteiger partial charge >= 0.3 is 0 Å². The lowest BCUT2D eigenvalue weighted by molar-refractivity contribution is -0.138. The number of phenols is 1. The maximum absolute atomic E-state index is 15.3. The summed E-state index contributed by atoms with van der Waals surface area (Å²) in [5.41, 5.74) is 5.89. The molecule has 2 aliphatic carbocycles. The number of aromatic hydroxyl groups is 1. The number of nitrogens with zero attached hydrogens (tertiary/aromatic N) is 3. The van der Waals surface area contributed by atoms with Gasteiger partial charge in [-0.2, -0.15) is 5.01 Å². The molecular formula is C43H38ClFN4O6. The highest BCUT2D eigenvalue weighted by atomic mass is 35.5. The van der Waals surface area contributed by atoms with Gasteiger partial charge in [-0.3, -0.25) is 29.5 Å². The Morgan fingerprint density at radius 3 is 2.22 bits per heavy atom. The van der Waals surface area contributed by atoms with E-state index in [0.29, 0.717) is 46.3 Å². The van der Waals surface area contributed by atoms with E-state index in [0.717, 1.165) is 29.4 Å². The van der Waals surface area contributed by atoms with E-state index in [2.05, 4.69) is 10.3 Å². The number of fused-ring (bicyclic) bond motifs is 4. The predicted octanol–water partition coefficient (Wildman–Crippen LogP) is 6.52. The highest BCUT2D eigenvalue weighted by Crippen LogP contribution is 2.64. The predicted molar refractivity (Wildman–Crippen MR) is 204 cm³/mol. The Bertz CT molecular complexity index is 2260. The van der Waals surface area contributed by atoms with Gasteiger partial charge < -0.3 is 14.7 Å². The Labute approximate surface area is 322 Å². The maximum atomic E-state index is 15.3. The monoisotopic (exact) mass is 760 g/mol. The van der Waals surface area contributed by atoms with E-state index < -0.39 is 52.6 Å². The maximum Gasteiger partial charge on any atom is 0.260 e. The van der Waals surface area contributed by atoms with Gasteiger partial charge in [0.15, 0.2) is 0 Å². The Kier molecular flexibility index (Phi) is 8.54. The number of hydrogen-bond donors (Lipinski definition) is 2. The van der Waals surface area contributed by atoms with E-state index in [1.54, 1.807) is 55.5 Å². The van der Waals surface area contributed by atoms with E-state index in [1.807, 2.05) is 24.3 Å². The fraction of sp³-hybridized carbons (Fsp3) is 0.302. The zero-order valence-electron chi connectivity index (χ0n) is 30.0. The Hall–Kier alpha value is -5.52. The average molecular weight is 761 g/mol. The van der Waals surface area contributed by atoms with Crippen molar-refractivity contribution < 1.29 is 33.4 Å². The lowest BCUT2D eigenvalue weighted by Crippen LogP contribution is -2.53. The number of carbonyl (C=O) groups excluding carboxylic acids is 4. The van der Waals surface area contributed by atoms with Crippen molar-refractivity contribution in [2.24, 2.45) is 23.7 Å². The summed E-state index contributed by atoms with van der Waals surface area (Å²) in [7, 11) is 0. The molecule has 12 heteroatoms. The summed E-state index contributed by atoms with van der Waals surface area (Å²) in [5.74, 6) is -5.73. The minimum absolute atomic E-state index is 0.0752. The first-order valence-electron chi connectivity index (χ1n) is 18.5. The summed E-state index contributed by atoms with van der Waals surface area (Å²) in [6.45, 7) is 4.52. The van der Waals surface area contributed by atoms with Gasteiger partial charge in [-0.25, -0.2) is 4.39 Å². The molecule has 3 aliphatic heterocycles. The van der Waals surface area contributed by atoms with Crippen molar-refractivity contribution in [1.29, 1.82) is 0 Å². The van der Waals surface area contributed by atoms with E-state index in [1.165, 1.54) is 29.2 Å². The molecule has 1 saturated carbocycles. The van der Waals surface area contributed by atoms with Crippen LogP contribution in [0.1, 0.15) is 35.4 Å². The number of aryl methyl sites for hydroxylation is 1. The molecule has 280 valence electrons. The molecule has 55 heavy (non-hydrogen) atoms. The van der Waals surface area contributed by atoms with Crippen molar-refractivity contribution in [1.82, 2.24) is 5.01 Å². The third kappa shape index (κ3) is 5.46. The number of ether oxygens (including phenoxy) is 1. The fourth-order valence-electron chi connectivity index (χ4n) is 9.78. The SMILES string of the molecule is Cc1cc([C@H]2C3=CC[C@@H]4C(=O)N(c5ccc(N6CCOCC6)cc5)C(=O)[C@@H]4[C@@H]3C[C@H]3C(=O)N(Nc4ccc(F)cc4)C(=O)[C@@]23c2ccc(Cl)cc2)ccc1O. The second kappa shape index (κ2) is 13.3. The molecule has 2 N–H and O–H groups in total. The molecule has 4 amide bonds. The Balaban J connectivity index is 1.16. The van der Waals surface area contributed by atoms with Crippen molar-refractivity contribution in [3.05, 3.63) is 130 Å². The smallest absolute Gasteiger partial charge is 0.260 e. The molecule has 6 atom stereocenters. The Morgan fingerprint density at radius 1 is 0.836 bits per heavy atom. The Morgan fingerprint density at radius 2 is 1.53 bits per heavy atom. The molecule has 3 heterocycles. The van der Waals surface area contributed by atoms with Crippen LogP contribution in [0.25, 0.3) is 0 Å². The van der Waals surface area contributed by atoms with Crippen LogP contribution in [-0.4, -0.2) is 60.0 Å². The molecule has 4 aromatic rings. The zero-order valence-corrected chi connectivity index (χ0v) is 30.7. The molecule has 0 aromatic heterocycles. The highest BCUT2D eigenvalue weighted by Gasteiger charge is 2.70. The van der Waals surface area contributed by atoms with Gasteiger partial charge in [0, 0.05) is 29.7 Å². The molecule has 0 unspecified atom stereocenters. The van der Waals surface area contributed by atoms with Crippen LogP contribution < -0.4 is 15.2 Å². The first-order valence-corrected chi connectivity index (χ1v) is 18.9. The molecule has 0 bridgehead atoms. The van der Waals surface area contributed by atoms with Crippen molar-refractivity contribution in [2.75, 3.05) is 41.5 Å². The number of halogens is 2. The molecular weight excluding hydrogens is 723 g/mol. The number of allylic oxidation sites excluding steroid dienone is 2. The number of imide groups is 2. The van der Waals surface area contributed by atoms with Crippen LogP contribution >= 0.6 is 11.6 Å². The van der Waals surface area contributed by atoms with Crippen LogP contribution in [0.5, 0.6) is 5.75 Å². The van der Waals surface area contributed by atoms with Crippen molar-refractivity contribution >= 4 is 52.3 Å². The number of hydrazine groups is 1. The lowest BCUT2D eigenvalue weighted by atomic mass is 9.49. The average Bonchev–Trinajstić information content (AvgIpc) is 3.58. The molecule has 10 nitrogen and oxygen atoms in total. The summed E-state index contributed by atoms with van der Waals surface area (Å²) >= 11 is 6.38. The highest BCUT2D eigenvalue weighted by molar-refractivity contribution is 6.30. The summed E-state index contributed by atoms with van der Waals surface area (Å²) < 4.78 is 19.4. The molecule has 0 spiro atoms. The molecule has 3 saturated heterocycles. The number of rotatable bonds is 6. The molecule has 9 rings (SSSR count). The van der Waals surface area contributed by atoms with Gasteiger partial charge in [-0.05, 0) is 109 Å². The first-order chi connectivity index (χ1) is 26.6. The van der Waals surface area contributed by atoms with Gasteiger partial charge in [0.25, 0.3) is 11.8 Å². The van der Waals surface area contributed by atoms with E-state index in [4.69, 9.17) is 16.3 Å². The van der Waals surface area contributed by atoms with Crippen molar-refractivity contribution in [2.45, 2.75) is 31.1 Å². The number of benzene rings is 4. The van der Waals surface area contributed by atoms with E-state index >= 15 is 4.79 Å². The summed E-state index contributed by atoms with van der Waals surface area (Å²) in [6, 6.07) is 24.9. The van der Waals surface area contributed by atoms with Crippen LogP contribution in [0.15, 0.2) is 103 Å². The topological polar surface area (TPSA) is 119 Å². The minimum Gasteiger partial charge on any atom is -0.508 e. The molecule has 0 radical (unpaired) electrons. The number of nitrogens with one attached hydrogen (secondary N) is 1. The van der Waals surface area contributed by atoms with Gasteiger partial charge in [0.1, 0.15) is 11.6 Å². The number of amides is 4.